The van der Waals surface area contributed by atoms with E-state index < -0.39 is 5.97 Å². The molecule has 0 spiro atoms. The lowest BCUT2D eigenvalue weighted by atomic mass is 9.98. The number of aromatic nitrogens is 2. The van der Waals surface area contributed by atoms with E-state index in [9.17, 15) is 9.59 Å². The highest BCUT2D eigenvalue weighted by Crippen LogP contribution is 2.26. The fraction of sp³-hybridized carbons (Fsp3) is 0.310. The van der Waals surface area contributed by atoms with Crippen molar-refractivity contribution >= 4 is 29.6 Å². The summed E-state index contributed by atoms with van der Waals surface area (Å²) in [7, 11) is 5.26. The van der Waals surface area contributed by atoms with Gasteiger partial charge in [-0.2, -0.15) is 0 Å². The van der Waals surface area contributed by atoms with Gasteiger partial charge in [-0.25, -0.2) is 14.8 Å². The summed E-state index contributed by atoms with van der Waals surface area (Å²) >= 11 is 0. The van der Waals surface area contributed by atoms with Gasteiger partial charge in [0, 0.05) is 57.3 Å². The SMILES string of the molecule is COC(=O)/C=C/c1ccnc(N(Cc2ccc(-c3ccc(N(C)C)nc3)cc2)C(=O)C2CCOCC2)c1. The first-order chi connectivity index (χ1) is 17.9. The Bertz CT molecular complexity index is 1230. The smallest absolute Gasteiger partial charge is 0.330 e. The molecule has 8 nitrogen and oxygen atoms in total. The average Bonchev–Trinajstić information content (AvgIpc) is 2.95. The summed E-state index contributed by atoms with van der Waals surface area (Å²) < 4.78 is 10.1. The number of amides is 1. The van der Waals surface area contributed by atoms with E-state index in [1.807, 2.05) is 61.6 Å². The van der Waals surface area contributed by atoms with E-state index in [0.717, 1.165) is 28.1 Å². The summed E-state index contributed by atoms with van der Waals surface area (Å²) in [6, 6.07) is 15.8. The van der Waals surface area contributed by atoms with E-state index in [1.54, 1.807) is 23.2 Å². The van der Waals surface area contributed by atoms with Crippen molar-refractivity contribution in [3.63, 3.8) is 0 Å². The Labute approximate surface area is 217 Å². The molecule has 0 radical (unpaired) electrons. The standard InChI is InChI=1S/C29H32N4O4/c1-32(2)26-10-9-25(19-31-26)23-7-4-22(5-8-23)20-33(29(35)24-13-16-37-17-14-24)27-18-21(12-15-30-27)6-11-28(34)36-3/h4-12,15,18-19,24H,13-14,16-17,20H2,1-3H3/b11-6+. The van der Waals surface area contributed by atoms with Crippen LogP contribution in [0.3, 0.4) is 0 Å². The molecule has 2 aromatic heterocycles. The van der Waals surface area contributed by atoms with Crippen molar-refractivity contribution in [1.29, 1.82) is 0 Å². The minimum Gasteiger partial charge on any atom is -0.466 e. The fourth-order valence-corrected chi connectivity index (χ4v) is 4.16. The maximum Gasteiger partial charge on any atom is 0.330 e. The maximum atomic E-state index is 13.6. The number of pyridine rings is 2. The maximum absolute atomic E-state index is 13.6. The molecule has 1 aliphatic heterocycles. The van der Waals surface area contributed by atoms with Crippen LogP contribution in [0.15, 0.2) is 67.0 Å². The molecule has 0 unspecified atom stereocenters. The second kappa shape index (κ2) is 12.3. The van der Waals surface area contributed by atoms with Crippen LogP contribution in [0.5, 0.6) is 0 Å². The number of ether oxygens (including phenoxy) is 2. The lowest BCUT2D eigenvalue weighted by Gasteiger charge is -2.29. The van der Waals surface area contributed by atoms with E-state index in [2.05, 4.69) is 20.8 Å². The number of rotatable bonds is 8. The number of esters is 1. The molecule has 0 bridgehead atoms. The minimum absolute atomic E-state index is 0.0254. The van der Waals surface area contributed by atoms with Gasteiger partial charge in [0.15, 0.2) is 0 Å². The van der Waals surface area contributed by atoms with Crippen LogP contribution in [-0.4, -0.2) is 56.3 Å². The van der Waals surface area contributed by atoms with Crippen LogP contribution < -0.4 is 9.80 Å². The Hall–Kier alpha value is -4.04. The van der Waals surface area contributed by atoms with Gasteiger partial charge in [-0.15, -0.1) is 0 Å². The number of carbonyl (C=O) groups is 2. The third kappa shape index (κ3) is 6.80. The van der Waals surface area contributed by atoms with Crippen molar-refractivity contribution in [2.75, 3.05) is 44.2 Å². The lowest BCUT2D eigenvalue weighted by Crippen LogP contribution is -2.38. The van der Waals surface area contributed by atoms with Crippen LogP contribution in [0.2, 0.25) is 0 Å². The molecule has 1 saturated heterocycles. The number of benzene rings is 1. The molecule has 1 aromatic carbocycles. The Morgan fingerprint density at radius 2 is 1.73 bits per heavy atom. The lowest BCUT2D eigenvalue weighted by molar-refractivity contribution is -0.134. The monoisotopic (exact) mass is 500 g/mol. The van der Waals surface area contributed by atoms with Crippen molar-refractivity contribution in [3.05, 3.63) is 78.1 Å². The van der Waals surface area contributed by atoms with E-state index in [4.69, 9.17) is 4.74 Å². The van der Waals surface area contributed by atoms with Crippen LogP contribution in [0, 0.1) is 5.92 Å². The highest BCUT2D eigenvalue weighted by molar-refractivity contribution is 5.94. The van der Waals surface area contributed by atoms with E-state index in [-0.39, 0.29) is 11.8 Å². The van der Waals surface area contributed by atoms with Gasteiger partial charge in [0.05, 0.1) is 13.7 Å². The summed E-state index contributed by atoms with van der Waals surface area (Å²) in [5.41, 5.74) is 3.82. The summed E-state index contributed by atoms with van der Waals surface area (Å²) in [5.74, 6) is 0.901. The molecule has 37 heavy (non-hydrogen) atoms. The van der Waals surface area contributed by atoms with Crippen molar-refractivity contribution < 1.29 is 19.1 Å². The summed E-state index contributed by atoms with van der Waals surface area (Å²) in [6.45, 7) is 1.54. The van der Waals surface area contributed by atoms with E-state index in [1.165, 1.54) is 13.2 Å². The van der Waals surface area contributed by atoms with Gasteiger partial charge in [0.25, 0.3) is 0 Å². The Morgan fingerprint density at radius 3 is 2.38 bits per heavy atom. The van der Waals surface area contributed by atoms with Crippen LogP contribution >= 0.6 is 0 Å². The van der Waals surface area contributed by atoms with Gasteiger partial charge in [-0.3, -0.25) is 9.69 Å². The predicted octanol–water partition coefficient (Wildman–Crippen LogP) is 4.36. The summed E-state index contributed by atoms with van der Waals surface area (Å²) in [6.07, 6.45) is 7.88. The topological polar surface area (TPSA) is 84.9 Å². The Balaban J connectivity index is 1.58. The normalized spacial score (nSPS) is 13.9. The first-order valence-corrected chi connectivity index (χ1v) is 12.3. The zero-order valence-electron chi connectivity index (χ0n) is 21.5. The van der Waals surface area contributed by atoms with E-state index >= 15 is 0 Å². The zero-order chi connectivity index (χ0) is 26.2. The number of methoxy groups -OCH3 is 1. The molecule has 1 fully saturated rings. The summed E-state index contributed by atoms with van der Waals surface area (Å²) in [5, 5.41) is 0. The second-order valence-corrected chi connectivity index (χ2v) is 9.11. The van der Waals surface area contributed by atoms with Gasteiger partial charge >= 0.3 is 5.97 Å². The van der Waals surface area contributed by atoms with Crippen molar-refractivity contribution in [1.82, 2.24) is 9.97 Å². The quantitative estimate of drug-likeness (QED) is 0.336. The molecule has 0 saturated carbocycles. The number of hydrogen-bond acceptors (Lipinski definition) is 7. The number of nitrogens with zero attached hydrogens (tertiary/aromatic N) is 4. The number of hydrogen-bond donors (Lipinski definition) is 0. The first kappa shape index (κ1) is 26.0. The molecule has 3 heterocycles. The molecule has 4 rings (SSSR count). The first-order valence-electron chi connectivity index (χ1n) is 12.3. The van der Waals surface area contributed by atoms with Crippen LogP contribution in [-0.2, 0) is 25.6 Å². The molecule has 3 aromatic rings. The van der Waals surface area contributed by atoms with Crippen LogP contribution in [0.25, 0.3) is 17.2 Å². The zero-order valence-corrected chi connectivity index (χ0v) is 21.5. The van der Waals surface area contributed by atoms with Crippen LogP contribution in [0.1, 0.15) is 24.0 Å². The fourth-order valence-electron chi connectivity index (χ4n) is 4.16. The average molecular weight is 501 g/mol. The predicted molar refractivity (Wildman–Crippen MR) is 144 cm³/mol. The Kier molecular flexibility index (Phi) is 8.64. The van der Waals surface area contributed by atoms with Crippen LogP contribution in [0.4, 0.5) is 11.6 Å². The van der Waals surface area contributed by atoms with Gasteiger partial charge in [0.2, 0.25) is 5.91 Å². The van der Waals surface area contributed by atoms with Crippen molar-refractivity contribution in [3.8, 4) is 11.1 Å². The molecular weight excluding hydrogens is 468 g/mol. The molecule has 0 aliphatic carbocycles. The number of anilines is 2. The third-order valence-electron chi connectivity index (χ3n) is 6.33. The number of carbonyl (C=O) groups excluding carboxylic acids is 2. The highest BCUT2D eigenvalue weighted by atomic mass is 16.5. The molecule has 192 valence electrons. The molecule has 1 amide bonds. The molecule has 1 aliphatic rings. The van der Waals surface area contributed by atoms with Gasteiger partial charge in [-0.05, 0) is 59.9 Å². The Morgan fingerprint density at radius 1 is 1.00 bits per heavy atom. The summed E-state index contributed by atoms with van der Waals surface area (Å²) in [4.78, 5) is 37.8. The molecule has 8 heteroatoms. The van der Waals surface area contributed by atoms with Gasteiger partial charge < -0.3 is 14.4 Å². The molecule has 0 N–H and O–H groups in total. The third-order valence-corrected chi connectivity index (χ3v) is 6.33. The van der Waals surface area contributed by atoms with Gasteiger partial charge in [0.1, 0.15) is 11.6 Å². The van der Waals surface area contributed by atoms with Crippen molar-refractivity contribution in [2.45, 2.75) is 19.4 Å². The van der Waals surface area contributed by atoms with Crippen molar-refractivity contribution in [2.24, 2.45) is 5.92 Å². The minimum atomic E-state index is -0.444. The molecular formula is C29H32N4O4. The largest absolute Gasteiger partial charge is 0.466 e. The highest BCUT2D eigenvalue weighted by Gasteiger charge is 2.28. The second-order valence-electron chi connectivity index (χ2n) is 9.11. The molecule has 0 atom stereocenters. The van der Waals surface area contributed by atoms with E-state index in [0.29, 0.717) is 38.4 Å². The van der Waals surface area contributed by atoms with Gasteiger partial charge in [-0.1, -0.05) is 24.3 Å².